The fourth-order valence-corrected chi connectivity index (χ4v) is 2.21. The quantitative estimate of drug-likeness (QED) is 0.646. The van der Waals surface area contributed by atoms with Crippen molar-refractivity contribution in [2.24, 2.45) is 4.47 Å². The first-order valence-electron chi connectivity index (χ1n) is 4.54. The molecule has 1 aromatic rings. The van der Waals surface area contributed by atoms with Crippen molar-refractivity contribution in [2.75, 3.05) is 5.43 Å². The van der Waals surface area contributed by atoms with E-state index < -0.39 is 15.6 Å². The lowest BCUT2D eigenvalue weighted by molar-refractivity contribution is -0.418. The molecule has 0 radical (unpaired) electrons. The van der Waals surface area contributed by atoms with Crippen LogP contribution in [0.5, 0.6) is 0 Å². The molecule has 1 heterocycles. The summed E-state index contributed by atoms with van der Waals surface area (Å²) in [5.41, 5.74) is 3.83. The predicted molar refractivity (Wildman–Crippen MR) is 64.1 cm³/mol. The highest BCUT2D eigenvalue weighted by Crippen LogP contribution is 2.13. The summed E-state index contributed by atoms with van der Waals surface area (Å²) in [6.07, 6.45) is 1.47. The number of nitrogens with one attached hydrogen (secondary N) is 1. The SMILES string of the molecule is O=[N+]([O-])C1=CS(=NNc2ccccc2)C=C1. The molecule has 0 aliphatic carbocycles. The van der Waals surface area contributed by atoms with Crippen LogP contribution in [-0.4, -0.2) is 4.92 Å². The van der Waals surface area contributed by atoms with Crippen molar-refractivity contribution < 1.29 is 4.92 Å². The maximum Gasteiger partial charge on any atom is 0.277 e. The van der Waals surface area contributed by atoms with Gasteiger partial charge in [-0.05, 0) is 28.2 Å². The number of hydrogen-bond acceptors (Lipinski definition) is 3. The zero-order valence-electron chi connectivity index (χ0n) is 8.24. The molecule has 1 unspecified atom stereocenters. The Morgan fingerprint density at radius 3 is 2.69 bits per heavy atom. The molecule has 0 fully saturated rings. The largest absolute Gasteiger partial charge is 0.277 e. The highest BCUT2D eigenvalue weighted by molar-refractivity contribution is 7.93. The molecule has 0 aromatic heterocycles. The Hall–Kier alpha value is -1.95. The Morgan fingerprint density at radius 1 is 1.31 bits per heavy atom. The van der Waals surface area contributed by atoms with Gasteiger partial charge in [0, 0.05) is 6.08 Å². The second-order valence-electron chi connectivity index (χ2n) is 3.02. The van der Waals surface area contributed by atoms with Crippen LogP contribution in [0.3, 0.4) is 0 Å². The number of allylic oxidation sites excluding steroid dienone is 1. The van der Waals surface area contributed by atoms with Crippen molar-refractivity contribution in [2.45, 2.75) is 0 Å². The molecule has 0 saturated heterocycles. The molecule has 1 N–H and O–H groups in total. The molecule has 0 amide bonds. The van der Waals surface area contributed by atoms with Crippen LogP contribution in [0.25, 0.3) is 0 Å². The third-order valence-electron chi connectivity index (χ3n) is 1.88. The van der Waals surface area contributed by atoms with Crippen LogP contribution in [0, 0.1) is 10.1 Å². The van der Waals surface area contributed by atoms with Crippen molar-refractivity contribution in [3.8, 4) is 0 Å². The minimum absolute atomic E-state index is 0.0990. The van der Waals surface area contributed by atoms with Crippen molar-refractivity contribution in [3.05, 3.63) is 63.0 Å². The Morgan fingerprint density at radius 2 is 2.06 bits per heavy atom. The van der Waals surface area contributed by atoms with Gasteiger partial charge in [-0.25, -0.2) is 0 Å². The molecule has 1 aromatic carbocycles. The van der Waals surface area contributed by atoms with E-state index in [0.717, 1.165) is 5.69 Å². The average molecular weight is 235 g/mol. The first-order chi connectivity index (χ1) is 7.75. The van der Waals surface area contributed by atoms with Gasteiger partial charge in [-0.1, -0.05) is 18.2 Å². The molecule has 1 aliphatic heterocycles. The number of benzene rings is 1. The summed E-state index contributed by atoms with van der Waals surface area (Å²) in [5.74, 6) is 0. The summed E-state index contributed by atoms with van der Waals surface area (Å²) in [5, 5.41) is 13.7. The van der Waals surface area contributed by atoms with Gasteiger partial charge in [0.05, 0.1) is 16.0 Å². The zero-order valence-corrected chi connectivity index (χ0v) is 9.05. The van der Waals surface area contributed by atoms with Gasteiger partial charge in [0.15, 0.2) is 0 Å². The molecule has 1 aliphatic rings. The standard InChI is InChI=1S/C10H9N3O2S/c14-13(15)10-6-7-16(8-10)12-11-9-4-2-1-3-5-9/h1-8,11H. The van der Waals surface area contributed by atoms with Crippen molar-refractivity contribution in [3.63, 3.8) is 0 Å². The normalized spacial score (nSPS) is 18.5. The first kappa shape index (κ1) is 10.6. The summed E-state index contributed by atoms with van der Waals surface area (Å²) in [4.78, 5) is 10.0. The van der Waals surface area contributed by atoms with E-state index in [1.165, 1.54) is 11.5 Å². The Bertz CT molecular complexity index is 494. The maximum atomic E-state index is 10.4. The van der Waals surface area contributed by atoms with E-state index in [-0.39, 0.29) is 5.70 Å². The lowest BCUT2D eigenvalue weighted by atomic mass is 10.3. The smallest absolute Gasteiger partial charge is 0.272 e. The monoisotopic (exact) mass is 235 g/mol. The molecule has 6 heteroatoms. The Balaban J connectivity index is 2.06. The second-order valence-corrected chi connectivity index (χ2v) is 4.40. The summed E-state index contributed by atoms with van der Waals surface area (Å²) in [6, 6.07) is 9.46. The van der Waals surface area contributed by atoms with Crippen LogP contribution in [0.1, 0.15) is 0 Å². The first-order valence-corrected chi connectivity index (χ1v) is 5.85. The van der Waals surface area contributed by atoms with Crippen LogP contribution in [0.2, 0.25) is 0 Å². The minimum Gasteiger partial charge on any atom is -0.272 e. The summed E-state index contributed by atoms with van der Waals surface area (Å²) >= 11 is 0. The maximum absolute atomic E-state index is 10.4. The van der Waals surface area contributed by atoms with Gasteiger partial charge < -0.3 is 0 Å². The average Bonchev–Trinajstić information content (AvgIpc) is 2.76. The summed E-state index contributed by atoms with van der Waals surface area (Å²) < 4.78 is 4.14. The lowest BCUT2D eigenvalue weighted by Crippen LogP contribution is -1.93. The molecule has 2 rings (SSSR count). The van der Waals surface area contributed by atoms with Crippen LogP contribution < -0.4 is 5.43 Å². The molecule has 5 nitrogen and oxygen atoms in total. The van der Waals surface area contributed by atoms with Gasteiger partial charge in [-0.3, -0.25) is 15.5 Å². The highest BCUT2D eigenvalue weighted by Gasteiger charge is 2.12. The van der Waals surface area contributed by atoms with Crippen LogP contribution >= 0.6 is 0 Å². The fourth-order valence-electron chi connectivity index (χ4n) is 1.12. The Labute approximate surface area is 94.7 Å². The summed E-state index contributed by atoms with van der Waals surface area (Å²) in [6.45, 7) is 0. The van der Waals surface area contributed by atoms with E-state index in [1.54, 1.807) is 5.41 Å². The van der Waals surface area contributed by atoms with E-state index in [0.29, 0.717) is 0 Å². The molecule has 0 bridgehead atoms. The van der Waals surface area contributed by atoms with E-state index in [2.05, 4.69) is 9.90 Å². The van der Waals surface area contributed by atoms with Gasteiger partial charge in [-0.2, -0.15) is 0 Å². The van der Waals surface area contributed by atoms with Gasteiger partial charge in [0.2, 0.25) is 0 Å². The molecule has 0 spiro atoms. The van der Waals surface area contributed by atoms with Crippen molar-refractivity contribution in [1.29, 1.82) is 0 Å². The topological polar surface area (TPSA) is 67.5 Å². The third-order valence-corrected chi connectivity index (χ3v) is 3.08. The molecule has 0 saturated carbocycles. The van der Waals surface area contributed by atoms with Crippen LogP contribution in [0.4, 0.5) is 5.69 Å². The zero-order chi connectivity index (χ0) is 11.4. The number of hydrogen-bond donors (Lipinski definition) is 1. The lowest BCUT2D eigenvalue weighted by Gasteiger charge is -1.98. The second kappa shape index (κ2) is 4.71. The third kappa shape index (κ3) is 2.54. The van der Waals surface area contributed by atoms with Gasteiger partial charge in [0.1, 0.15) is 0 Å². The molecular formula is C10H9N3O2S. The van der Waals surface area contributed by atoms with Crippen molar-refractivity contribution in [1.82, 2.24) is 0 Å². The van der Waals surface area contributed by atoms with Crippen LogP contribution in [0.15, 0.2) is 57.4 Å². The van der Waals surface area contributed by atoms with E-state index in [1.807, 2.05) is 30.3 Å². The molecular weight excluding hydrogens is 226 g/mol. The van der Waals surface area contributed by atoms with Gasteiger partial charge in [-0.15, -0.1) is 4.47 Å². The number of rotatable bonds is 3. The summed E-state index contributed by atoms with van der Waals surface area (Å²) in [7, 11) is -0.549. The van der Waals surface area contributed by atoms with Crippen molar-refractivity contribution >= 4 is 16.4 Å². The van der Waals surface area contributed by atoms with Crippen LogP contribution in [-0.2, 0) is 10.7 Å². The number of nitro groups is 1. The van der Waals surface area contributed by atoms with E-state index in [9.17, 15) is 10.1 Å². The molecule has 1 atom stereocenters. The Kier molecular flexibility index (Phi) is 3.11. The fraction of sp³-hybridized carbons (Fsp3) is 0. The number of para-hydroxylation sites is 1. The minimum atomic E-state index is -0.549. The van der Waals surface area contributed by atoms with Gasteiger partial charge in [0.25, 0.3) is 5.70 Å². The van der Waals surface area contributed by atoms with E-state index >= 15 is 0 Å². The predicted octanol–water partition coefficient (Wildman–Crippen LogP) is 2.46. The number of nitrogens with zero attached hydrogens (tertiary/aromatic N) is 2. The van der Waals surface area contributed by atoms with E-state index in [4.69, 9.17) is 0 Å². The molecule has 82 valence electrons. The number of anilines is 1. The van der Waals surface area contributed by atoms with Gasteiger partial charge >= 0.3 is 0 Å². The highest BCUT2D eigenvalue weighted by atomic mass is 32.2. The molecule has 16 heavy (non-hydrogen) atoms.